The molecular formula is C12H12ClN3O2. The highest BCUT2D eigenvalue weighted by molar-refractivity contribution is 6.33. The molecule has 0 aliphatic carbocycles. The first-order valence-electron chi connectivity index (χ1n) is 5.00. The molecule has 94 valence electrons. The Morgan fingerprint density at radius 1 is 1.00 bits per heavy atom. The molecule has 18 heavy (non-hydrogen) atoms. The maximum Gasteiger partial charge on any atom is 0.269 e. The normalized spacial score (nSPS) is 9.17. The molecular weight excluding hydrogens is 254 g/mol. The van der Waals surface area contributed by atoms with Gasteiger partial charge >= 0.3 is 0 Å². The maximum atomic E-state index is 10.1. The molecule has 0 amide bonds. The standard InChI is InChI=1S/C6H6ClN.C6H6N2O2/c7-5-3-1-2-4-6(5)8;7-5-1-3-6(4-2-5)8(9)10/h1-4H,8H2;1-4H,7H2. The largest absolute Gasteiger partial charge is 0.399 e. The molecule has 0 bridgehead atoms. The molecule has 0 radical (unpaired) electrons. The van der Waals surface area contributed by atoms with Crippen molar-refractivity contribution >= 4 is 28.7 Å². The maximum absolute atomic E-state index is 10.1. The van der Waals surface area contributed by atoms with Crippen LogP contribution in [0.15, 0.2) is 48.5 Å². The molecule has 5 nitrogen and oxygen atoms in total. The first-order chi connectivity index (χ1) is 8.50. The third-order valence-corrected chi connectivity index (χ3v) is 2.35. The molecule has 0 fully saturated rings. The van der Waals surface area contributed by atoms with Gasteiger partial charge in [-0.25, -0.2) is 0 Å². The monoisotopic (exact) mass is 265 g/mol. The number of rotatable bonds is 1. The van der Waals surface area contributed by atoms with E-state index < -0.39 is 4.92 Å². The van der Waals surface area contributed by atoms with Gasteiger partial charge in [0.2, 0.25) is 0 Å². The van der Waals surface area contributed by atoms with Crippen LogP contribution >= 0.6 is 11.6 Å². The molecule has 0 saturated carbocycles. The van der Waals surface area contributed by atoms with Gasteiger partial charge < -0.3 is 11.5 Å². The van der Waals surface area contributed by atoms with E-state index >= 15 is 0 Å². The van der Waals surface area contributed by atoms with E-state index in [1.165, 1.54) is 24.3 Å². The summed E-state index contributed by atoms with van der Waals surface area (Å²) in [6, 6.07) is 13.0. The summed E-state index contributed by atoms with van der Waals surface area (Å²) in [5.41, 5.74) is 11.9. The van der Waals surface area contributed by atoms with Crippen LogP contribution in [0.4, 0.5) is 17.1 Å². The first-order valence-corrected chi connectivity index (χ1v) is 5.38. The molecule has 4 N–H and O–H groups in total. The number of hydrogen-bond acceptors (Lipinski definition) is 4. The number of nitrogens with two attached hydrogens (primary N) is 2. The zero-order valence-corrected chi connectivity index (χ0v) is 10.2. The van der Waals surface area contributed by atoms with E-state index in [1.54, 1.807) is 12.1 Å². The summed E-state index contributed by atoms with van der Waals surface area (Å²) in [5.74, 6) is 0. The summed E-state index contributed by atoms with van der Waals surface area (Å²) >= 11 is 5.58. The second-order valence-electron chi connectivity index (χ2n) is 3.37. The number of nitrogens with zero attached hydrogens (tertiary/aromatic N) is 1. The Labute approximate surface area is 109 Å². The van der Waals surface area contributed by atoms with Gasteiger partial charge in [0.05, 0.1) is 15.6 Å². The summed E-state index contributed by atoms with van der Waals surface area (Å²) in [4.78, 5) is 9.62. The quantitative estimate of drug-likeness (QED) is 0.470. The van der Waals surface area contributed by atoms with Crippen molar-refractivity contribution in [3.63, 3.8) is 0 Å². The molecule has 0 heterocycles. The van der Waals surface area contributed by atoms with Crippen molar-refractivity contribution in [1.29, 1.82) is 0 Å². The SMILES string of the molecule is Nc1ccc([N+](=O)[O-])cc1.Nc1ccccc1Cl. The number of para-hydroxylation sites is 1. The fraction of sp³-hybridized carbons (Fsp3) is 0. The fourth-order valence-electron chi connectivity index (χ4n) is 1.07. The lowest BCUT2D eigenvalue weighted by molar-refractivity contribution is -0.384. The average molecular weight is 266 g/mol. The van der Waals surface area contributed by atoms with E-state index in [0.29, 0.717) is 16.4 Å². The lowest BCUT2D eigenvalue weighted by Gasteiger charge is -1.91. The highest BCUT2D eigenvalue weighted by Crippen LogP contribution is 2.15. The van der Waals surface area contributed by atoms with E-state index in [2.05, 4.69) is 0 Å². The average Bonchev–Trinajstić information content (AvgIpc) is 2.34. The Hall–Kier alpha value is -2.27. The Balaban J connectivity index is 0.000000184. The molecule has 0 aliphatic rings. The Morgan fingerprint density at radius 2 is 1.56 bits per heavy atom. The molecule has 0 atom stereocenters. The van der Waals surface area contributed by atoms with E-state index in [1.807, 2.05) is 12.1 Å². The topological polar surface area (TPSA) is 95.2 Å². The van der Waals surface area contributed by atoms with Crippen LogP contribution in [0.2, 0.25) is 5.02 Å². The number of nitro groups is 1. The fourth-order valence-corrected chi connectivity index (χ4v) is 1.21. The van der Waals surface area contributed by atoms with Crippen LogP contribution in [0.3, 0.4) is 0 Å². The van der Waals surface area contributed by atoms with Crippen LogP contribution in [0, 0.1) is 10.1 Å². The summed E-state index contributed by atoms with van der Waals surface area (Å²) in [7, 11) is 0. The number of halogens is 1. The van der Waals surface area contributed by atoms with Crippen molar-refractivity contribution in [3.8, 4) is 0 Å². The first kappa shape index (κ1) is 13.8. The van der Waals surface area contributed by atoms with Crippen LogP contribution in [-0.2, 0) is 0 Å². The third-order valence-electron chi connectivity index (χ3n) is 2.01. The van der Waals surface area contributed by atoms with Crippen LogP contribution < -0.4 is 11.5 Å². The number of non-ortho nitro benzene ring substituents is 1. The number of anilines is 2. The van der Waals surface area contributed by atoms with Crippen molar-refractivity contribution in [2.75, 3.05) is 11.5 Å². The number of hydrogen-bond donors (Lipinski definition) is 2. The smallest absolute Gasteiger partial charge is 0.269 e. The van der Waals surface area contributed by atoms with Gasteiger partial charge in [0.25, 0.3) is 5.69 Å². The zero-order valence-electron chi connectivity index (χ0n) is 9.42. The van der Waals surface area contributed by atoms with Crippen molar-refractivity contribution in [2.45, 2.75) is 0 Å². The molecule has 6 heteroatoms. The van der Waals surface area contributed by atoms with Crippen LogP contribution in [0.25, 0.3) is 0 Å². The van der Waals surface area contributed by atoms with E-state index in [4.69, 9.17) is 23.1 Å². The van der Waals surface area contributed by atoms with Crippen LogP contribution in [0.5, 0.6) is 0 Å². The van der Waals surface area contributed by atoms with Gasteiger partial charge in [-0.05, 0) is 24.3 Å². The lowest BCUT2D eigenvalue weighted by Crippen LogP contribution is -1.88. The van der Waals surface area contributed by atoms with Gasteiger partial charge in [-0.1, -0.05) is 23.7 Å². The summed E-state index contributed by atoms with van der Waals surface area (Å²) in [6.45, 7) is 0. The molecule has 2 rings (SSSR count). The minimum Gasteiger partial charge on any atom is -0.399 e. The summed E-state index contributed by atoms with van der Waals surface area (Å²) in [6.07, 6.45) is 0. The predicted molar refractivity (Wildman–Crippen MR) is 73.4 cm³/mol. The molecule has 0 aromatic heterocycles. The summed E-state index contributed by atoms with van der Waals surface area (Å²) < 4.78 is 0. The van der Waals surface area contributed by atoms with Crippen LogP contribution in [-0.4, -0.2) is 4.92 Å². The molecule has 0 aliphatic heterocycles. The minimum absolute atomic E-state index is 0.0641. The molecule has 0 saturated heterocycles. The van der Waals surface area contributed by atoms with Gasteiger partial charge in [0.15, 0.2) is 0 Å². The minimum atomic E-state index is -0.459. The summed E-state index contributed by atoms with van der Waals surface area (Å²) in [5, 5.41) is 10.7. The van der Waals surface area contributed by atoms with E-state index in [9.17, 15) is 10.1 Å². The molecule has 2 aromatic carbocycles. The third kappa shape index (κ3) is 4.31. The van der Waals surface area contributed by atoms with Crippen molar-refractivity contribution < 1.29 is 4.92 Å². The lowest BCUT2D eigenvalue weighted by atomic mass is 10.3. The van der Waals surface area contributed by atoms with Gasteiger partial charge in [-0.2, -0.15) is 0 Å². The van der Waals surface area contributed by atoms with Crippen LogP contribution in [0.1, 0.15) is 0 Å². The highest BCUT2D eigenvalue weighted by atomic mass is 35.5. The van der Waals surface area contributed by atoms with Crippen molar-refractivity contribution in [3.05, 3.63) is 63.7 Å². The molecule has 0 spiro atoms. The zero-order chi connectivity index (χ0) is 13.5. The number of nitrogen functional groups attached to an aromatic ring is 2. The second kappa shape index (κ2) is 6.46. The van der Waals surface area contributed by atoms with Gasteiger partial charge in [-0.3, -0.25) is 10.1 Å². The highest BCUT2D eigenvalue weighted by Gasteiger charge is 2.00. The Morgan fingerprint density at radius 3 is 1.94 bits per heavy atom. The Kier molecular flexibility index (Phi) is 4.95. The van der Waals surface area contributed by atoms with Crippen molar-refractivity contribution in [2.24, 2.45) is 0 Å². The van der Waals surface area contributed by atoms with E-state index in [0.717, 1.165) is 0 Å². The van der Waals surface area contributed by atoms with Crippen molar-refractivity contribution in [1.82, 2.24) is 0 Å². The van der Waals surface area contributed by atoms with Gasteiger partial charge in [0, 0.05) is 17.8 Å². The molecule has 0 unspecified atom stereocenters. The molecule has 2 aromatic rings. The number of nitro benzene ring substituents is 1. The number of benzene rings is 2. The van der Waals surface area contributed by atoms with E-state index in [-0.39, 0.29) is 5.69 Å². The second-order valence-corrected chi connectivity index (χ2v) is 3.78. The van der Waals surface area contributed by atoms with Gasteiger partial charge in [0.1, 0.15) is 0 Å². The Bertz CT molecular complexity index is 508. The predicted octanol–water partition coefficient (Wildman–Crippen LogP) is 3.10. The van der Waals surface area contributed by atoms with Gasteiger partial charge in [-0.15, -0.1) is 0 Å².